The van der Waals surface area contributed by atoms with Gasteiger partial charge in [0.15, 0.2) is 0 Å². The number of nitrogens with zero attached hydrogens (tertiary/aromatic N) is 3. The standard InChI is InChI=1S/C12H21N3O3/c1-12(2,3)10-13-11(14-18-10)15-6-9(17-4)5-8(15)7-16/h8-9,16H,5-7H2,1-4H3/t8-,9-/m0/s1. The number of methoxy groups -OCH3 is 1. The molecule has 1 aliphatic rings. The summed E-state index contributed by atoms with van der Waals surface area (Å²) in [6.07, 6.45) is 0.894. The minimum absolute atomic E-state index is 0.000341. The number of aliphatic hydroxyl groups excluding tert-OH is 1. The first-order valence-electron chi connectivity index (χ1n) is 6.20. The van der Waals surface area contributed by atoms with Crippen molar-refractivity contribution in [1.82, 2.24) is 10.1 Å². The van der Waals surface area contributed by atoms with E-state index in [1.54, 1.807) is 7.11 Å². The Morgan fingerprint density at radius 1 is 1.50 bits per heavy atom. The highest BCUT2D eigenvalue weighted by atomic mass is 16.5. The van der Waals surface area contributed by atoms with Crippen LogP contribution in [0.2, 0.25) is 0 Å². The maximum Gasteiger partial charge on any atom is 0.266 e. The molecule has 0 unspecified atom stereocenters. The number of hydrogen-bond donors (Lipinski definition) is 1. The highest BCUT2D eigenvalue weighted by Crippen LogP contribution is 2.27. The van der Waals surface area contributed by atoms with Crippen LogP contribution in [0.15, 0.2) is 4.52 Å². The Labute approximate surface area is 107 Å². The number of hydrogen-bond acceptors (Lipinski definition) is 6. The molecule has 0 aromatic carbocycles. The summed E-state index contributed by atoms with van der Waals surface area (Å²) in [5.74, 6) is 1.15. The van der Waals surface area contributed by atoms with Crippen LogP contribution in [-0.2, 0) is 10.2 Å². The minimum Gasteiger partial charge on any atom is -0.394 e. The lowest BCUT2D eigenvalue weighted by Gasteiger charge is -2.20. The van der Waals surface area contributed by atoms with E-state index in [1.807, 2.05) is 25.7 Å². The van der Waals surface area contributed by atoms with Crippen molar-refractivity contribution in [2.75, 3.05) is 25.2 Å². The fourth-order valence-electron chi connectivity index (χ4n) is 2.10. The van der Waals surface area contributed by atoms with Crippen LogP contribution in [-0.4, -0.2) is 47.7 Å². The molecule has 6 heteroatoms. The van der Waals surface area contributed by atoms with Crippen LogP contribution < -0.4 is 4.90 Å². The summed E-state index contributed by atoms with van der Waals surface area (Å²) >= 11 is 0. The average Bonchev–Trinajstić information content (AvgIpc) is 2.94. The molecular weight excluding hydrogens is 234 g/mol. The maximum absolute atomic E-state index is 9.39. The Balaban J connectivity index is 2.18. The predicted molar refractivity (Wildman–Crippen MR) is 66.6 cm³/mol. The van der Waals surface area contributed by atoms with E-state index in [0.717, 1.165) is 6.42 Å². The second-order valence-electron chi connectivity index (χ2n) is 5.73. The van der Waals surface area contributed by atoms with E-state index < -0.39 is 0 Å². The number of rotatable bonds is 3. The van der Waals surface area contributed by atoms with Crippen molar-refractivity contribution in [3.63, 3.8) is 0 Å². The summed E-state index contributed by atoms with van der Waals surface area (Å²) in [7, 11) is 1.68. The van der Waals surface area contributed by atoms with E-state index in [9.17, 15) is 5.11 Å². The fraction of sp³-hybridized carbons (Fsp3) is 0.833. The third kappa shape index (κ3) is 2.49. The largest absolute Gasteiger partial charge is 0.394 e. The van der Waals surface area contributed by atoms with Crippen molar-refractivity contribution >= 4 is 5.95 Å². The molecule has 0 saturated carbocycles. The summed E-state index contributed by atoms with van der Waals surface area (Å²) in [4.78, 5) is 6.36. The molecule has 0 bridgehead atoms. The van der Waals surface area contributed by atoms with E-state index in [2.05, 4.69) is 10.1 Å². The number of ether oxygens (including phenoxy) is 1. The molecule has 0 amide bonds. The highest BCUT2D eigenvalue weighted by molar-refractivity contribution is 5.33. The van der Waals surface area contributed by atoms with Gasteiger partial charge < -0.3 is 19.3 Å². The maximum atomic E-state index is 9.39. The van der Waals surface area contributed by atoms with Gasteiger partial charge in [-0.2, -0.15) is 4.98 Å². The zero-order valence-corrected chi connectivity index (χ0v) is 11.4. The molecular formula is C12H21N3O3. The van der Waals surface area contributed by atoms with E-state index in [0.29, 0.717) is 18.4 Å². The first kappa shape index (κ1) is 13.3. The van der Waals surface area contributed by atoms with Crippen molar-refractivity contribution in [2.45, 2.75) is 44.8 Å². The van der Waals surface area contributed by atoms with E-state index in [-0.39, 0.29) is 24.2 Å². The summed E-state index contributed by atoms with van der Waals surface area (Å²) in [6, 6.07) is 0.000341. The molecule has 1 aromatic rings. The van der Waals surface area contributed by atoms with Crippen molar-refractivity contribution in [3.8, 4) is 0 Å². The molecule has 18 heavy (non-hydrogen) atoms. The first-order valence-corrected chi connectivity index (χ1v) is 6.20. The molecule has 1 aromatic heterocycles. The van der Waals surface area contributed by atoms with Crippen molar-refractivity contribution < 1.29 is 14.4 Å². The zero-order chi connectivity index (χ0) is 13.3. The van der Waals surface area contributed by atoms with Gasteiger partial charge in [-0.15, -0.1) is 0 Å². The topological polar surface area (TPSA) is 71.6 Å². The molecule has 0 radical (unpaired) electrons. The lowest BCUT2D eigenvalue weighted by Crippen LogP contribution is -2.33. The third-order valence-corrected chi connectivity index (χ3v) is 3.23. The normalized spacial score (nSPS) is 24.8. The molecule has 1 aliphatic heterocycles. The van der Waals surface area contributed by atoms with Crippen molar-refractivity contribution in [2.24, 2.45) is 0 Å². The van der Waals surface area contributed by atoms with E-state index >= 15 is 0 Å². The van der Waals surface area contributed by atoms with Gasteiger partial charge in [-0.05, 0) is 11.6 Å². The summed E-state index contributed by atoms with van der Waals surface area (Å²) in [5, 5.41) is 13.4. The molecule has 2 rings (SSSR count). The molecule has 0 spiro atoms. The summed E-state index contributed by atoms with van der Waals surface area (Å²) in [5.41, 5.74) is -0.166. The van der Waals surface area contributed by atoms with Gasteiger partial charge in [0.1, 0.15) is 0 Å². The summed E-state index contributed by atoms with van der Waals surface area (Å²) < 4.78 is 10.6. The molecule has 1 saturated heterocycles. The van der Waals surface area contributed by atoms with Gasteiger partial charge in [0.05, 0.1) is 18.8 Å². The summed E-state index contributed by atoms with van der Waals surface area (Å²) in [6.45, 7) is 6.82. The van der Waals surface area contributed by atoms with E-state index in [1.165, 1.54) is 0 Å². The van der Waals surface area contributed by atoms with Crippen LogP contribution in [0.5, 0.6) is 0 Å². The Hall–Kier alpha value is -1.14. The van der Waals surface area contributed by atoms with Gasteiger partial charge in [0.25, 0.3) is 5.95 Å². The van der Waals surface area contributed by atoms with Crippen molar-refractivity contribution in [3.05, 3.63) is 5.89 Å². The lowest BCUT2D eigenvalue weighted by atomic mass is 9.97. The monoisotopic (exact) mass is 255 g/mol. The van der Waals surface area contributed by atoms with Gasteiger partial charge >= 0.3 is 0 Å². The van der Waals surface area contributed by atoms with Gasteiger partial charge in [0, 0.05) is 19.1 Å². The second kappa shape index (κ2) is 4.85. The predicted octanol–water partition coefficient (Wildman–Crippen LogP) is 0.953. The Kier molecular flexibility index (Phi) is 3.59. The number of aliphatic hydroxyl groups is 1. The van der Waals surface area contributed by atoms with E-state index in [4.69, 9.17) is 9.26 Å². The molecule has 102 valence electrons. The van der Waals surface area contributed by atoms with Gasteiger partial charge in [0.2, 0.25) is 5.89 Å². The van der Waals surface area contributed by atoms with Crippen LogP contribution in [0, 0.1) is 0 Å². The Bertz CT molecular complexity index is 400. The quantitative estimate of drug-likeness (QED) is 0.867. The number of anilines is 1. The molecule has 6 nitrogen and oxygen atoms in total. The molecule has 2 atom stereocenters. The zero-order valence-electron chi connectivity index (χ0n) is 11.4. The second-order valence-corrected chi connectivity index (χ2v) is 5.73. The van der Waals surface area contributed by atoms with Gasteiger partial charge in [-0.1, -0.05) is 20.8 Å². The van der Waals surface area contributed by atoms with Crippen LogP contribution >= 0.6 is 0 Å². The average molecular weight is 255 g/mol. The van der Waals surface area contributed by atoms with Crippen LogP contribution in [0.3, 0.4) is 0 Å². The number of aromatic nitrogens is 2. The first-order chi connectivity index (χ1) is 8.45. The van der Waals surface area contributed by atoms with Crippen LogP contribution in [0.1, 0.15) is 33.1 Å². The third-order valence-electron chi connectivity index (χ3n) is 3.23. The van der Waals surface area contributed by atoms with Crippen LogP contribution in [0.4, 0.5) is 5.95 Å². The van der Waals surface area contributed by atoms with Gasteiger partial charge in [-0.3, -0.25) is 0 Å². The highest BCUT2D eigenvalue weighted by Gasteiger charge is 2.35. The van der Waals surface area contributed by atoms with Gasteiger partial charge in [-0.25, -0.2) is 0 Å². The Morgan fingerprint density at radius 2 is 2.22 bits per heavy atom. The minimum atomic E-state index is -0.166. The lowest BCUT2D eigenvalue weighted by molar-refractivity contribution is 0.115. The fourth-order valence-corrected chi connectivity index (χ4v) is 2.10. The molecule has 2 heterocycles. The Morgan fingerprint density at radius 3 is 2.72 bits per heavy atom. The molecule has 0 aliphatic carbocycles. The SMILES string of the molecule is CO[C@H]1C[C@@H](CO)N(c2noc(C(C)(C)C)n2)C1. The molecule has 1 N–H and O–H groups in total. The smallest absolute Gasteiger partial charge is 0.266 e. The van der Waals surface area contributed by atoms with Crippen molar-refractivity contribution in [1.29, 1.82) is 0 Å². The van der Waals surface area contributed by atoms with Crippen LogP contribution in [0.25, 0.3) is 0 Å². The molecule has 1 fully saturated rings.